The predicted octanol–water partition coefficient (Wildman–Crippen LogP) is 3.75. The molecule has 2 aromatic rings. The van der Waals surface area contributed by atoms with Crippen LogP contribution < -0.4 is 5.32 Å². The number of aromatic nitrogens is 1. The first kappa shape index (κ1) is 14.8. The fraction of sp³-hybridized carbons (Fsp3) is 0.471. The zero-order valence-electron chi connectivity index (χ0n) is 12.6. The number of hydrogen-bond acceptors (Lipinski definition) is 3. The Morgan fingerprint density at radius 2 is 1.90 bits per heavy atom. The lowest BCUT2D eigenvalue weighted by molar-refractivity contribution is 0.127. The van der Waals surface area contributed by atoms with Crippen LogP contribution in [0, 0.1) is 12.3 Å². The minimum Gasteiger partial charge on any atom is -0.396 e. The summed E-state index contributed by atoms with van der Waals surface area (Å²) < 4.78 is 0. The molecule has 0 atom stereocenters. The minimum atomic E-state index is -0.0558. The average molecular weight is 272 g/mol. The van der Waals surface area contributed by atoms with Gasteiger partial charge in [0.2, 0.25) is 0 Å². The summed E-state index contributed by atoms with van der Waals surface area (Å²) in [4.78, 5) is 4.69. The van der Waals surface area contributed by atoms with E-state index in [1.54, 1.807) is 0 Å². The number of pyridine rings is 1. The van der Waals surface area contributed by atoms with Crippen LogP contribution in [0.1, 0.15) is 32.3 Å². The first-order chi connectivity index (χ1) is 9.64. The third-order valence-corrected chi connectivity index (χ3v) is 4.38. The van der Waals surface area contributed by atoms with Gasteiger partial charge in [0.1, 0.15) is 5.82 Å². The van der Waals surface area contributed by atoms with Crippen molar-refractivity contribution in [2.24, 2.45) is 5.41 Å². The van der Waals surface area contributed by atoms with Crippen molar-refractivity contribution in [3.8, 4) is 0 Å². The summed E-state index contributed by atoms with van der Waals surface area (Å²) in [5.41, 5.74) is 2.09. The normalized spacial score (nSPS) is 11.8. The van der Waals surface area contributed by atoms with E-state index in [4.69, 9.17) is 0 Å². The molecule has 20 heavy (non-hydrogen) atoms. The SMILES string of the molecule is CCC(CC)(CO)CNc1nc2ccccc2cc1C. The molecule has 0 saturated carbocycles. The smallest absolute Gasteiger partial charge is 0.129 e. The summed E-state index contributed by atoms with van der Waals surface area (Å²) in [6, 6.07) is 10.3. The van der Waals surface area contributed by atoms with Crippen molar-refractivity contribution in [3.05, 3.63) is 35.9 Å². The summed E-state index contributed by atoms with van der Waals surface area (Å²) in [6.07, 6.45) is 1.92. The molecule has 0 spiro atoms. The average Bonchev–Trinajstić information content (AvgIpc) is 2.49. The molecular formula is C17H24N2O. The number of aliphatic hydroxyl groups excluding tert-OH is 1. The molecule has 3 heteroatoms. The molecule has 1 aromatic carbocycles. The van der Waals surface area contributed by atoms with E-state index in [-0.39, 0.29) is 12.0 Å². The lowest BCUT2D eigenvalue weighted by atomic mass is 9.83. The number of benzene rings is 1. The Bertz CT molecular complexity index is 568. The van der Waals surface area contributed by atoms with E-state index in [0.717, 1.165) is 41.7 Å². The van der Waals surface area contributed by atoms with Gasteiger partial charge in [-0.15, -0.1) is 0 Å². The number of aliphatic hydroxyl groups is 1. The van der Waals surface area contributed by atoms with Crippen LogP contribution in [0.2, 0.25) is 0 Å². The van der Waals surface area contributed by atoms with Gasteiger partial charge in [0.15, 0.2) is 0 Å². The van der Waals surface area contributed by atoms with Crippen LogP contribution in [0.3, 0.4) is 0 Å². The monoisotopic (exact) mass is 272 g/mol. The van der Waals surface area contributed by atoms with Crippen molar-refractivity contribution in [1.29, 1.82) is 0 Å². The predicted molar refractivity (Wildman–Crippen MR) is 85.1 cm³/mol. The summed E-state index contributed by atoms with van der Waals surface area (Å²) in [5.74, 6) is 0.920. The van der Waals surface area contributed by atoms with E-state index in [9.17, 15) is 5.11 Å². The standard InChI is InChI=1S/C17H24N2O/c1-4-17(5-2,12-20)11-18-16-13(3)10-14-8-6-7-9-15(14)19-16/h6-10,20H,4-5,11-12H2,1-3H3,(H,18,19). The molecule has 1 aromatic heterocycles. The van der Waals surface area contributed by atoms with Crippen molar-refractivity contribution in [2.75, 3.05) is 18.5 Å². The number of hydrogen-bond donors (Lipinski definition) is 2. The van der Waals surface area contributed by atoms with Crippen molar-refractivity contribution in [3.63, 3.8) is 0 Å². The Labute approximate surface area is 121 Å². The van der Waals surface area contributed by atoms with Gasteiger partial charge in [0.25, 0.3) is 0 Å². The van der Waals surface area contributed by atoms with Crippen LogP contribution in [-0.2, 0) is 0 Å². The third-order valence-electron chi connectivity index (χ3n) is 4.38. The highest BCUT2D eigenvalue weighted by Crippen LogP contribution is 2.27. The number of nitrogens with zero attached hydrogens (tertiary/aromatic N) is 1. The molecule has 0 amide bonds. The van der Waals surface area contributed by atoms with E-state index in [1.807, 2.05) is 18.2 Å². The highest BCUT2D eigenvalue weighted by atomic mass is 16.3. The molecule has 0 bridgehead atoms. The van der Waals surface area contributed by atoms with E-state index < -0.39 is 0 Å². The zero-order valence-corrected chi connectivity index (χ0v) is 12.6. The topological polar surface area (TPSA) is 45.1 Å². The fourth-order valence-corrected chi connectivity index (χ4v) is 2.45. The first-order valence-corrected chi connectivity index (χ1v) is 7.35. The van der Waals surface area contributed by atoms with Gasteiger partial charge in [-0.25, -0.2) is 4.98 Å². The summed E-state index contributed by atoms with van der Waals surface area (Å²) in [5, 5.41) is 14.2. The van der Waals surface area contributed by atoms with Crippen LogP contribution in [0.15, 0.2) is 30.3 Å². The van der Waals surface area contributed by atoms with E-state index >= 15 is 0 Å². The van der Waals surface area contributed by atoms with Crippen LogP contribution in [0.4, 0.5) is 5.82 Å². The van der Waals surface area contributed by atoms with Crippen molar-refractivity contribution >= 4 is 16.7 Å². The molecule has 108 valence electrons. The summed E-state index contributed by atoms with van der Waals surface area (Å²) >= 11 is 0. The van der Waals surface area contributed by atoms with Gasteiger partial charge in [-0.1, -0.05) is 32.0 Å². The Hall–Kier alpha value is -1.61. The maximum absolute atomic E-state index is 9.64. The van der Waals surface area contributed by atoms with Crippen molar-refractivity contribution < 1.29 is 5.11 Å². The molecule has 3 nitrogen and oxygen atoms in total. The number of anilines is 1. The molecule has 2 rings (SSSR count). The van der Waals surface area contributed by atoms with Crippen LogP contribution in [0.5, 0.6) is 0 Å². The lowest BCUT2D eigenvalue weighted by Crippen LogP contribution is -2.32. The van der Waals surface area contributed by atoms with Crippen molar-refractivity contribution in [1.82, 2.24) is 4.98 Å². The highest BCUT2D eigenvalue weighted by molar-refractivity contribution is 5.81. The number of nitrogens with one attached hydrogen (secondary N) is 1. The van der Waals surface area contributed by atoms with Crippen LogP contribution in [-0.4, -0.2) is 23.2 Å². The number of fused-ring (bicyclic) bond motifs is 1. The molecule has 0 saturated heterocycles. The zero-order chi connectivity index (χ0) is 14.6. The van der Waals surface area contributed by atoms with Crippen molar-refractivity contribution in [2.45, 2.75) is 33.6 Å². The second kappa shape index (κ2) is 6.23. The molecule has 0 radical (unpaired) electrons. The molecule has 2 N–H and O–H groups in total. The largest absolute Gasteiger partial charge is 0.396 e. The molecular weight excluding hydrogens is 248 g/mol. The summed E-state index contributed by atoms with van der Waals surface area (Å²) in [6.45, 7) is 7.28. The molecule has 0 fully saturated rings. The highest BCUT2D eigenvalue weighted by Gasteiger charge is 2.25. The van der Waals surface area contributed by atoms with Gasteiger partial charge in [-0.3, -0.25) is 0 Å². The van der Waals surface area contributed by atoms with E-state index in [2.05, 4.69) is 43.2 Å². The second-order valence-corrected chi connectivity index (χ2v) is 5.57. The molecule has 1 heterocycles. The third kappa shape index (κ3) is 2.93. The quantitative estimate of drug-likeness (QED) is 0.841. The number of aryl methyl sites for hydroxylation is 1. The van der Waals surface area contributed by atoms with Gasteiger partial charge < -0.3 is 10.4 Å². The fourth-order valence-electron chi connectivity index (χ4n) is 2.45. The Kier molecular flexibility index (Phi) is 4.61. The van der Waals surface area contributed by atoms with Gasteiger partial charge in [0.05, 0.1) is 12.1 Å². The number of para-hydroxylation sites is 1. The van der Waals surface area contributed by atoms with Gasteiger partial charge in [-0.05, 0) is 37.5 Å². The van der Waals surface area contributed by atoms with E-state index in [1.165, 1.54) is 0 Å². The first-order valence-electron chi connectivity index (χ1n) is 7.35. The van der Waals surface area contributed by atoms with Gasteiger partial charge in [0, 0.05) is 17.3 Å². The van der Waals surface area contributed by atoms with Gasteiger partial charge >= 0.3 is 0 Å². The molecule has 0 aliphatic rings. The van der Waals surface area contributed by atoms with E-state index in [0.29, 0.717) is 0 Å². The minimum absolute atomic E-state index is 0.0558. The number of rotatable bonds is 6. The summed E-state index contributed by atoms with van der Waals surface area (Å²) in [7, 11) is 0. The van der Waals surface area contributed by atoms with Crippen LogP contribution >= 0.6 is 0 Å². The van der Waals surface area contributed by atoms with Crippen LogP contribution in [0.25, 0.3) is 10.9 Å². The van der Waals surface area contributed by atoms with Gasteiger partial charge in [-0.2, -0.15) is 0 Å². The Balaban J connectivity index is 2.23. The molecule has 0 unspecified atom stereocenters. The maximum atomic E-state index is 9.64. The second-order valence-electron chi connectivity index (χ2n) is 5.57. The Morgan fingerprint density at radius 3 is 2.55 bits per heavy atom. The Morgan fingerprint density at radius 1 is 1.20 bits per heavy atom. The maximum Gasteiger partial charge on any atom is 0.129 e. The molecule has 0 aliphatic carbocycles. The molecule has 0 aliphatic heterocycles. The lowest BCUT2D eigenvalue weighted by Gasteiger charge is -2.30.